The maximum atomic E-state index is 13.4. The summed E-state index contributed by atoms with van der Waals surface area (Å²) in [4.78, 5) is 15.2. The van der Waals surface area contributed by atoms with E-state index in [0.717, 1.165) is 29.3 Å². The SMILES string of the molecule is COCc1nnc([C@]23CC[C@H]2CCN3C(=O)c2cc(O)c3ccsc3c2)o1. The van der Waals surface area contributed by atoms with Gasteiger partial charge in [0.2, 0.25) is 11.8 Å². The van der Waals surface area contributed by atoms with Crippen molar-refractivity contribution < 1.29 is 19.1 Å². The number of fused-ring (bicyclic) bond motifs is 2. The van der Waals surface area contributed by atoms with Crippen LogP contribution < -0.4 is 0 Å². The molecule has 0 bridgehead atoms. The van der Waals surface area contributed by atoms with Gasteiger partial charge in [0, 0.05) is 29.3 Å². The number of carbonyl (C=O) groups is 1. The molecule has 2 aromatic heterocycles. The number of nitrogens with zero attached hydrogens (tertiary/aromatic N) is 3. The summed E-state index contributed by atoms with van der Waals surface area (Å²) in [5.41, 5.74) is -0.0400. The third-order valence-corrected chi connectivity index (χ3v) is 6.74. The van der Waals surface area contributed by atoms with E-state index < -0.39 is 5.54 Å². The number of phenolic OH excluding ortho intramolecular Hbond substituents is 1. The van der Waals surface area contributed by atoms with E-state index in [1.54, 1.807) is 13.2 Å². The van der Waals surface area contributed by atoms with Crippen LogP contribution in [0.2, 0.25) is 0 Å². The molecule has 2 fully saturated rings. The van der Waals surface area contributed by atoms with Crippen LogP contribution in [0.3, 0.4) is 0 Å². The Morgan fingerprint density at radius 2 is 2.33 bits per heavy atom. The van der Waals surface area contributed by atoms with Crippen LogP contribution in [-0.4, -0.2) is 39.8 Å². The zero-order chi connectivity index (χ0) is 18.6. The second-order valence-electron chi connectivity index (χ2n) is 7.17. The van der Waals surface area contributed by atoms with Crippen molar-refractivity contribution in [1.82, 2.24) is 15.1 Å². The quantitative estimate of drug-likeness (QED) is 0.741. The van der Waals surface area contributed by atoms with Crippen LogP contribution in [0.1, 0.15) is 41.4 Å². The third kappa shape index (κ3) is 2.33. The van der Waals surface area contributed by atoms with E-state index in [4.69, 9.17) is 9.15 Å². The Morgan fingerprint density at radius 1 is 1.44 bits per heavy atom. The number of thiophene rings is 1. The number of benzene rings is 1. The number of likely N-dealkylation sites (tertiary alicyclic amines) is 1. The Balaban J connectivity index is 1.53. The fraction of sp³-hybridized carbons (Fsp3) is 0.421. The Kier molecular flexibility index (Phi) is 3.73. The van der Waals surface area contributed by atoms with Gasteiger partial charge in [0.1, 0.15) is 17.9 Å². The van der Waals surface area contributed by atoms with Crippen molar-refractivity contribution in [3.05, 3.63) is 40.9 Å². The highest BCUT2D eigenvalue weighted by molar-refractivity contribution is 7.17. The Labute approximate surface area is 159 Å². The molecular formula is C19H19N3O4S. The molecule has 3 aromatic rings. The minimum atomic E-state index is -0.532. The number of hydrogen-bond donors (Lipinski definition) is 1. The Bertz CT molecular complexity index is 1030. The van der Waals surface area contributed by atoms with E-state index >= 15 is 0 Å². The van der Waals surface area contributed by atoms with Gasteiger partial charge in [0.15, 0.2) is 0 Å². The van der Waals surface area contributed by atoms with Gasteiger partial charge in [-0.05, 0) is 48.8 Å². The highest BCUT2D eigenvalue weighted by Gasteiger charge is 2.61. The summed E-state index contributed by atoms with van der Waals surface area (Å²) in [6.07, 6.45) is 2.77. The molecule has 7 nitrogen and oxygen atoms in total. The summed E-state index contributed by atoms with van der Waals surface area (Å²) in [5, 5.41) is 21.3. The molecule has 1 saturated carbocycles. The number of hydrogen-bond acceptors (Lipinski definition) is 7. The summed E-state index contributed by atoms with van der Waals surface area (Å²) in [6.45, 7) is 0.902. The van der Waals surface area contributed by atoms with Crippen molar-refractivity contribution in [2.24, 2.45) is 5.92 Å². The lowest BCUT2D eigenvalue weighted by molar-refractivity contribution is -0.00460. The van der Waals surface area contributed by atoms with Gasteiger partial charge in [-0.3, -0.25) is 4.79 Å². The average Bonchev–Trinajstić information content (AvgIpc) is 3.34. The number of aromatic hydroxyl groups is 1. The van der Waals surface area contributed by atoms with Crippen LogP contribution in [0.15, 0.2) is 28.0 Å². The van der Waals surface area contributed by atoms with E-state index in [9.17, 15) is 9.90 Å². The summed E-state index contributed by atoms with van der Waals surface area (Å²) in [5.74, 6) is 1.28. The molecule has 1 amide bonds. The zero-order valence-corrected chi connectivity index (χ0v) is 15.7. The van der Waals surface area contributed by atoms with Gasteiger partial charge in [-0.1, -0.05) is 0 Å². The van der Waals surface area contributed by atoms with Gasteiger partial charge in [0.05, 0.1) is 0 Å². The van der Waals surface area contributed by atoms with E-state index in [1.165, 1.54) is 11.3 Å². The van der Waals surface area contributed by atoms with Gasteiger partial charge in [-0.15, -0.1) is 21.5 Å². The number of amides is 1. The first kappa shape index (κ1) is 16.7. The molecule has 1 aliphatic carbocycles. The van der Waals surface area contributed by atoms with Gasteiger partial charge in [-0.2, -0.15) is 0 Å². The van der Waals surface area contributed by atoms with Crippen molar-refractivity contribution >= 4 is 27.3 Å². The first-order valence-electron chi connectivity index (χ1n) is 8.97. The molecule has 3 heterocycles. The number of phenols is 1. The highest BCUT2D eigenvalue weighted by atomic mass is 32.1. The summed E-state index contributed by atoms with van der Waals surface area (Å²) in [7, 11) is 1.58. The topological polar surface area (TPSA) is 88.7 Å². The summed E-state index contributed by atoms with van der Waals surface area (Å²) in [6, 6.07) is 5.27. The molecule has 2 aliphatic rings. The molecule has 0 spiro atoms. The molecule has 1 aromatic carbocycles. The molecule has 5 rings (SSSR count). The minimum Gasteiger partial charge on any atom is -0.507 e. The highest BCUT2D eigenvalue weighted by Crippen LogP contribution is 2.57. The largest absolute Gasteiger partial charge is 0.507 e. The second-order valence-corrected chi connectivity index (χ2v) is 8.11. The first-order chi connectivity index (χ1) is 13.1. The fourth-order valence-corrected chi connectivity index (χ4v) is 5.31. The lowest BCUT2D eigenvalue weighted by Crippen LogP contribution is -2.54. The standard InChI is InChI=1S/C19H19N3O4S/c1-25-10-16-20-21-18(26-16)19-5-2-12(19)3-6-22(19)17(24)11-8-14(23)13-4-7-27-15(13)9-11/h4,7-9,12,23H,2-3,5-6,10H2,1H3/t12-,19-/m0/s1. The van der Waals surface area contributed by atoms with Crippen LogP contribution in [0.4, 0.5) is 0 Å². The number of aromatic nitrogens is 2. The van der Waals surface area contributed by atoms with Crippen molar-refractivity contribution in [3.63, 3.8) is 0 Å². The molecule has 0 unspecified atom stereocenters. The molecule has 1 saturated heterocycles. The fourth-order valence-electron chi connectivity index (χ4n) is 4.47. The normalized spacial score (nSPS) is 24.2. The molecule has 2 atom stereocenters. The van der Waals surface area contributed by atoms with E-state index in [2.05, 4.69) is 10.2 Å². The Hall–Kier alpha value is -2.45. The van der Waals surface area contributed by atoms with Crippen molar-refractivity contribution in [1.29, 1.82) is 0 Å². The molecule has 27 heavy (non-hydrogen) atoms. The third-order valence-electron chi connectivity index (χ3n) is 5.88. The second kappa shape index (κ2) is 6.03. The monoisotopic (exact) mass is 385 g/mol. The first-order valence-corrected chi connectivity index (χ1v) is 9.85. The van der Waals surface area contributed by atoms with Crippen LogP contribution >= 0.6 is 11.3 Å². The lowest BCUT2D eigenvalue weighted by atomic mass is 9.67. The maximum absolute atomic E-state index is 13.4. The van der Waals surface area contributed by atoms with Gasteiger partial charge in [0.25, 0.3) is 5.91 Å². The van der Waals surface area contributed by atoms with Crippen LogP contribution in [0, 0.1) is 5.92 Å². The van der Waals surface area contributed by atoms with E-state index in [1.807, 2.05) is 22.4 Å². The molecule has 140 valence electrons. The molecule has 8 heteroatoms. The van der Waals surface area contributed by atoms with Gasteiger partial charge < -0.3 is 19.2 Å². The van der Waals surface area contributed by atoms with Crippen molar-refractivity contribution in [2.45, 2.75) is 31.4 Å². The molecule has 0 radical (unpaired) electrons. The van der Waals surface area contributed by atoms with Crippen LogP contribution in [-0.2, 0) is 16.9 Å². The minimum absolute atomic E-state index is 0.103. The van der Waals surface area contributed by atoms with E-state index in [0.29, 0.717) is 29.8 Å². The van der Waals surface area contributed by atoms with Gasteiger partial charge >= 0.3 is 0 Å². The maximum Gasteiger partial charge on any atom is 0.254 e. The number of carbonyl (C=O) groups excluding carboxylic acids is 1. The predicted octanol–water partition coefficient (Wildman–Crippen LogP) is 3.29. The van der Waals surface area contributed by atoms with Gasteiger partial charge in [-0.25, -0.2) is 0 Å². The molecule has 1 N–H and O–H groups in total. The number of ether oxygens (including phenoxy) is 1. The molecular weight excluding hydrogens is 366 g/mol. The number of methoxy groups -OCH3 is 1. The van der Waals surface area contributed by atoms with Crippen LogP contribution in [0.5, 0.6) is 5.75 Å². The lowest BCUT2D eigenvalue weighted by Gasteiger charge is -2.47. The molecule has 1 aliphatic heterocycles. The summed E-state index contributed by atoms with van der Waals surface area (Å²) >= 11 is 1.51. The number of rotatable bonds is 4. The Morgan fingerprint density at radius 3 is 3.11 bits per heavy atom. The summed E-state index contributed by atoms with van der Waals surface area (Å²) < 4.78 is 11.8. The average molecular weight is 385 g/mol. The van der Waals surface area contributed by atoms with E-state index in [-0.39, 0.29) is 18.3 Å². The predicted molar refractivity (Wildman–Crippen MR) is 98.6 cm³/mol. The zero-order valence-electron chi connectivity index (χ0n) is 14.8. The van der Waals surface area contributed by atoms with Crippen LogP contribution in [0.25, 0.3) is 10.1 Å². The smallest absolute Gasteiger partial charge is 0.254 e. The van der Waals surface area contributed by atoms with Crippen molar-refractivity contribution in [3.8, 4) is 5.75 Å². The van der Waals surface area contributed by atoms with Crippen molar-refractivity contribution in [2.75, 3.05) is 13.7 Å².